The summed E-state index contributed by atoms with van der Waals surface area (Å²) < 4.78 is 0. The number of rotatable bonds is 1. The minimum absolute atomic E-state index is 0. The quantitative estimate of drug-likeness (QED) is 0.515. The molecular weight excluding hydrogens is 305 g/mol. The van der Waals surface area contributed by atoms with Crippen molar-refractivity contribution in [1.29, 1.82) is 0 Å². The van der Waals surface area contributed by atoms with Crippen molar-refractivity contribution in [1.82, 2.24) is 51.4 Å². The first-order valence-corrected chi connectivity index (χ1v) is 4.77. The van der Waals surface area contributed by atoms with Crippen molar-refractivity contribution in [2.75, 3.05) is 0 Å². The van der Waals surface area contributed by atoms with Crippen LogP contribution in [-0.4, -0.2) is 15.4 Å². The summed E-state index contributed by atoms with van der Waals surface area (Å²) >= 11 is 3.03. The Labute approximate surface area is 118 Å². The molecule has 0 saturated carbocycles. The van der Waals surface area contributed by atoms with Gasteiger partial charge in [0, 0.05) is 0 Å². The van der Waals surface area contributed by atoms with Crippen molar-refractivity contribution in [2.24, 2.45) is 0 Å². The average molecular weight is 325 g/mol. The van der Waals surface area contributed by atoms with E-state index in [1.54, 1.807) is 0 Å². The molecule has 0 saturated heterocycles. The summed E-state index contributed by atoms with van der Waals surface area (Å²) in [5.74, 6) is 0.575. The number of benzene rings is 1. The molecule has 0 amide bonds. The van der Waals surface area contributed by atoms with Crippen LogP contribution in [0, 0.1) is 0 Å². The van der Waals surface area contributed by atoms with E-state index in [1.165, 1.54) is 0 Å². The summed E-state index contributed by atoms with van der Waals surface area (Å²) in [5.41, 5.74) is 0.942. The third-order valence-corrected chi connectivity index (χ3v) is 1.35. The summed E-state index contributed by atoms with van der Waals surface area (Å²) in [6.07, 6.45) is 0. The number of nitrogens with zero attached hydrogens (tertiary/aromatic N) is 4. The molecule has 0 aliphatic heterocycles. The van der Waals surface area contributed by atoms with Gasteiger partial charge in [0.05, 0.1) is 5.82 Å². The normalized spacial score (nSPS) is 6.33. The van der Waals surface area contributed by atoms with E-state index in [9.17, 15) is 0 Å². The third kappa shape index (κ3) is 8.97. The topological polar surface area (TPSA) is 228 Å². The van der Waals surface area contributed by atoms with Crippen LogP contribution in [0.5, 0.6) is 0 Å². The van der Waals surface area contributed by atoms with Crippen LogP contribution in [0.15, 0.2) is 30.3 Å². The van der Waals surface area contributed by atoms with E-state index in [1.807, 2.05) is 30.3 Å². The largest absolute Gasteiger partial charge is 0.331 e. The predicted molar refractivity (Wildman–Crippen MR) is 69.5 cm³/mol. The maximum atomic E-state index is 4.33. The molecule has 1 aromatic heterocycles. The van der Waals surface area contributed by atoms with E-state index in [-0.39, 0.29) is 30.8 Å². The first-order valence-electron chi connectivity index (χ1n) is 3.33. The number of aromatic nitrogens is 4. The number of halogens is 1. The minimum atomic E-state index is 0. The van der Waals surface area contributed by atoms with Gasteiger partial charge >= 0.3 is 25.0 Å². The second-order valence-corrected chi connectivity index (χ2v) is 2.07. The van der Waals surface area contributed by atoms with Crippen molar-refractivity contribution in [3.63, 3.8) is 0 Å². The van der Waals surface area contributed by atoms with Gasteiger partial charge in [-0.15, -0.1) is 0 Å². The Morgan fingerprint density at radius 1 is 0.889 bits per heavy atom. The molecule has 11 heteroatoms. The van der Waals surface area contributed by atoms with Gasteiger partial charge < -0.3 is 35.9 Å². The zero-order chi connectivity index (χ0) is 9.52. The Balaban J connectivity index is -0.0000000770. The Hall–Kier alpha value is -1.11. The summed E-state index contributed by atoms with van der Waals surface area (Å²) in [4.78, 5) is 0. The van der Waals surface area contributed by atoms with Crippen LogP contribution in [0.4, 0.5) is 0 Å². The molecule has 9 nitrogen and oxygen atoms in total. The van der Waals surface area contributed by atoms with E-state index in [4.69, 9.17) is 0 Å². The minimum Gasteiger partial charge on any atom is -0.331 e. The van der Waals surface area contributed by atoms with Crippen molar-refractivity contribution in [2.45, 2.75) is 0 Å². The van der Waals surface area contributed by atoms with E-state index in [2.05, 4.69) is 45.6 Å². The monoisotopic (exact) mass is 324 g/mol. The van der Waals surface area contributed by atoms with E-state index in [0.29, 0.717) is 5.82 Å². The Kier molecular flexibility index (Phi) is 30.6. The molecule has 2 aromatic rings. The maximum absolute atomic E-state index is 4.33. The van der Waals surface area contributed by atoms with Gasteiger partial charge in [-0.25, -0.2) is 5.10 Å². The fourth-order valence-corrected chi connectivity index (χ4v) is 0.847. The van der Waals surface area contributed by atoms with Crippen LogP contribution < -0.4 is 36.0 Å². The van der Waals surface area contributed by atoms with Gasteiger partial charge in [0.25, 0.3) is 0 Å². The van der Waals surface area contributed by atoms with Crippen molar-refractivity contribution < 1.29 is 14.8 Å². The van der Waals surface area contributed by atoms with Crippen LogP contribution in [0.25, 0.3) is 11.4 Å². The second-order valence-electron chi connectivity index (χ2n) is 2.07. The molecule has 0 atom stereocenters. The molecule has 0 bridgehead atoms. The van der Waals surface area contributed by atoms with Crippen LogP contribution >= 0.6 is 10.1 Å². The molecular formula is C7H20ClCoN9. The summed E-state index contributed by atoms with van der Waals surface area (Å²) in [6.45, 7) is 0. The van der Waals surface area contributed by atoms with Gasteiger partial charge in [-0.1, -0.05) is 30.3 Å². The zero-order valence-corrected chi connectivity index (χ0v) is 11.7. The Morgan fingerprint density at radius 3 is 1.78 bits per heavy atom. The Morgan fingerprint density at radius 2 is 1.39 bits per heavy atom. The molecule has 1 aromatic carbocycles. The molecule has 0 unspecified atom stereocenters. The molecule has 109 valence electrons. The molecule has 0 aliphatic carbocycles. The SMILES string of the molecule is N.N.N.N.N.[Cl][Co+].c1ccc(-c2nn[n-]n2)cc1. The molecule has 15 N–H and O–H groups in total. The van der Waals surface area contributed by atoms with Crippen LogP contribution in [-0.2, 0) is 14.8 Å². The van der Waals surface area contributed by atoms with Gasteiger partial charge in [-0.2, -0.15) is 0 Å². The first kappa shape index (κ1) is 30.2. The van der Waals surface area contributed by atoms with Crippen molar-refractivity contribution >= 4 is 10.1 Å². The van der Waals surface area contributed by atoms with E-state index >= 15 is 0 Å². The van der Waals surface area contributed by atoms with Gasteiger partial charge in [0.2, 0.25) is 0 Å². The van der Waals surface area contributed by atoms with Gasteiger partial charge in [0.1, 0.15) is 0 Å². The second kappa shape index (κ2) is 18.3. The molecule has 0 spiro atoms. The molecule has 0 fully saturated rings. The van der Waals surface area contributed by atoms with Crippen molar-refractivity contribution in [3.05, 3.63) is 30.3 Å². The van der Waals surface area contributed by atoms with Crippen LogP contribution in [0.3, 0.4) is 0 Å². The summed E-state index contributed by atoms with van der Waals surface area (Å²) in [5, 5.41) is 14.2. The van der Waals surface area contributed by atoms with Gasteiger partial charge in [-0.3, -0.25) is 10.4 Å². The predicted octanol–water partition coefficient (Wildman–Crippen LogP) is 1.99. The molecule has 0 radical (unpaired) electrons. The molecule has 2 rings (SSSR count). The van der Waals surface area contributed by atoms with Gasteiger partial charge in [-0.05, 0) is 5.56 Å². The van der Waals surface area contributed by atoms with Crippen LogP contribution in [0.1, 0.15) is 0 Å². The number of hydrogen-bond acceptors (Lipinski definition) is 8. The zero-order valence-electron chi connectivity index (χ0n) is 9.92. The number of hydrogen-bond donors (Lipinski definition) is 5. The fourth-order valence-electron chi connectivity index (χ4n) is 0.847. The van der Waals surface area contributed by atoms with E-state index < -0.39 is 0 Å². The molecule has 0 aliphatic rings. The summed E-state index contributed by atoms with van der Waals surface area (Å²) in [6, 6.07) is 9.61. The Bertz CT molecular complexity index is 330. The fraction of sp³-hybridized carbons (Fsp3) is 0. The van der Waals surface area contributed by atoms with Crippen LogP contribution in [0.2, 0.25) is 0 Å². The van der Waals surface area contributed by atoms with Crippen molar-refractivity contribution in [3.8, 4) is 11.4 Å². The third-order valence-electron chi connectivity index (χ3n) is 1.35. The molecule has 1 heterocycles. The van der Waals surface area contributed by atoms with Gasteiger partial charge in [0.15, 0.2) is 0 Å². The number of tetrazole rings is 1. The maximum Gasteiger partial charge on any atom is 0.0732 e. The van der Waals surface area contributed by atoms with E-state index in [0.717, 1.165) is 5.56 Å². The average Bonchev–Trinajstić information content (AvgIpc) is 2.75. The smallest absolute Gasteiger partial charge is 0.0732 e. The summed E-state index contributed by atoms with van der Waals surface area (Å²) in [7, 11) is 4.33. The molecule has 18 heavy (non-hydrogen) atoms. The first-order chi connectivity index (χ1) is 6.47. The standard InChI is InChI=1S/C7H5N4.ClH.Co.5H3N/c1-2-4-6(5-3-1)7-8-10-11-9-7;;;;;;;/h1-5H;1H;;5*1H3/q-1;;+2;;;;;/p-1.